The Bertz CT molecular complexity index is 397. The quantitative estimate of drug-likeness (QED) is 0.737. The molecule has 0 spiro atoms. The van der Waals surface area contributed by atoms with E-state index in [2.05, 4.69) is 0 Å². The average Bonchev–Trinajstić information content (AvgIpc) is 2.75. The van der Waals surface area contributed by atoms with Gasteiger partial charge in [0.1, 0.15) is 11.6 Å². The Kier molecular flexibility index (Phi) is 1.46. The Morgan fingerprint density at radius 2 is 2.14 bits per heavy atom. The number of halogens is 1. The summed E-state index contributed by atoms with van der Waals surface area (Å²) in [4.78, 5) is 0. The van der Waals surface area contributed by atoms with Crippen LogP contribution in [0.25, 0.3) is 0 Å². The summed E-state index contributed by atoms with van der Waals surface area (Å²) in [5.41, 5.74) is 0.574. The third-order valence-electron chi connectivity index (χ3n) is 3.00. The van der Waals surface area contributed by atoms with Gasteiger partial charge in [-0.1, -0.05) is 0 Å². The molecule has 3 heteroatoms. The van der Waals surface area contributed by atoms with Crippen molar-refractivity contribution in [2.45, 2.75) is 24.9 Å². The van der Waals surface area contributed by atoms with Crippen LogP contribution in [0.5, 0.6) is 5.75 Å². The molecular weight excluding hydrogens is 183 g/mol. The molecule has 1 aromatic carbocycles. The van der Waals surface area contributed by atoms with Gasteiger partial charge in [-0.25, -0.2) is 4.39 Å². The van der Waals surface area contributed by atoms with Crippen LogP contribution in [0.4, 0.5) is 4.39 Å². The molecule has 1 aliphatic heterocycles. The first-order valence-electron chi connectivity index (χ1n) is 4.87. The van der Waals surface area contributed by atoms with E-state index in [9.17, 15) is 9.50 Å². The van der Waals surface area contributed by atoms with Crippen molar-refractivity contribution in [2.24, 2.45) is 0 Å². The van der Waals surface area contributed by atoms with Crippen molar-refractivity contribution in [1.29, 1.82) is 0 Å². The van der Waals surface area contributed by atoms with Crippen LogP contribution in [-0.4, -0.2) is 11.7 Å². The summed E-state index contributed by atoms with van der Waals surface area (Å²) < 4.78 is 18.8. The van der Waals surface area contributed by atoms with E-state index in [4.69, 9.17) is 4.74 Å². The van der Waals surface area contributed by atoms with Gasteiger partial charge in [-0.2, -0.15) is 0 Å². The van der Waals surface area contributed by atoms with Crippen molar-refractivity contribution >= 4 is 0 Å². The maximum absolute atomic E-state index is 13.5. The van der Waals surface area contributed by atoms with Gasteiger partial charge < -0.3 is 9.84 Å². The van der Waals surface area contributed by atoms with Crippen LogP contribution in [0, 0.1) is 5.82 Å². The Hall–Kier alpha value is -1.09. The van der Waals surface area contributed by atoms with Crippen molar-refractivity contribution in [3.05, 3.63) is 29.1 Å². The minimum atomic E-state index is -0.887. The van der Waals surface area contributed by atoms with E-state index in [1.165, 1.54) is 6.07 Å². The molecule has 1 aromatic rings. The molecule has 0 amide bonds. The van der Waals surface area contributed by atoms with E-state index >= 15 is 0 Å². The fourth-order valence-electron chi connectivity index (χ4n) is 1.94. The van der Waals surface area contributed by atoms with Crippen molar-refractivity contribution < 1.29 is 14.2 Å². The van der Waals surface area contributed by atoms with E-state index in [0.29, 0.717) is 30.8 Å². The van der Waals surface area contributed by atoms with Crippen molar-refractivity contribution in [1.82, 2.24) is 0 Å². The zero-order valence-corrected chi connectivity index (χ0v) is 7.72. The largest absolute Gasteiger partial charge is 0.493 e. The van der Waals surface area contributed by atoms with E-state index in [1.54, 1.807) is 6.07 Å². The standard InChI is InChI=1S/C11H11FO2/c12-9-6-10-7(1-4-14-10)5-8(9)11(13)2-3-11/h5-6,13H,1-4H2. The number of ether oxygens (including phenoxy) is 1. The summed E-state index contributed by atoms with van der Waals surface area (Å²) in [6.07, 6.45) is 2.16. The van der Waals surface area contributed by atoms with Gasteiger partial charge in [0.25, 0.3) is 0 Å². The highest BCUT2D eigenvalue weighted by atomic mass is 19.1. The van der Waals surface area contributed by atoms with Crippen LogP contribution in [0.1, 0.15) is 24.0 Å². The Balaban J connectivity index is 2.13. The molecule has 14 heavy (non-hydrogen) atoms. The molecule has 2 nitrogen and oxygen atoms in total. The van der Waals surface area contributed by atoms with Crippen LogP contribution >= 0.6 is 0 Å². The fraction of sp³-hybridized carbons (Fsp3) is 0.455. The first kappa shape index (κ1) is 8.24. The topological polar surface area (TPSA) is 29.5 Å². The second kappa shape index (κ2) is 2.48. The first-order valence-corrected chi connectivity index (χ1v) is 4.87. The monoisotopic (exact) mass is 194 g/mol. The summed E-state index contributed by atoms with van der Waals surface area (Å²) in [6.45, 7) is 0.622. The second-order valence-corrected chi connectivity index (χ2v) is 4.07. The zero-order chi connectivity index (χ0) is 9.76. The predicted octanol–water partition coefficient (Wildman–Crippen LogP) is 1.74. The van der Waals surface area contributed by atoms with E-state index in [0.717, 1.165) is 12.0 Å². The number of aliphatic hydroxyl groups is 1. The van der Waals surface area contributed by atoms with Gasteiger partial charge in [0.15, 0.2) is 0 Å². The highest BCUT2D eigenvalue weighted by molar-refractivity contribution is 5.44. The summed E-state index contributed by atoms with van der Waals surface area (Å²) in [6, 6.07) is 3.15. The molecule has 1 fully saturated rings. The number of benzene rings is 1. The lowest BCUT2D eigenvalue weighted by Gasteiger charge is -2.10. The maximum Gasteiger partial charge on any atom is 0.132 e. The van der Waals surface area contributed by atoms with Gasteiger partial charge >= 0.3 is 0 Å². The minimum Gasteiger partial charge on any atom is -0.493 e. The maximum atomic E-state index is 13.5. The first-order chi connectivity index (χ1) is 6.69. The summed E-state index contributed by atoms with van der Waals surface area (Å²) in [5, 5.41) is 9.83. The predicted molar refractivity (Wildman–Crippen MR) is 48.7 cm³/mol. The summed E-state index contributed by atoms with van der Waals surface area (Å²) >= 11 is 0. The lowest BCUT2D eigenvalue weighted by molar-refractivity contribution is 0.146. The van der Waals surface area contributed by atoms with E-state index < -0.39 is 5.60 Å². The van der Waals surface area contributed by atoms with Gasteiger partial charge in [-0.3, -0.25) is 0 Å². The van der Waals surface area contributed by atoms with Crippen LogP contribution < -0.4 is 4.74 Å². The van der Waals surface area contributed by atoms with Crippen molar-refractivity contribution in [3.63, 3.8) is 0 Å². The van der Waals surface area contributed by atoms with Crippen molar-refractivity contribution in [2.75, 3.05) is 6.61 Å². The SMILES string of the molecule is OC1(c2cc3c(cc2F)OCC3)CC1. The second-order valence-electron chi connectivity index (χ2n) is 4.07. The molecule has 0 atom stereocenters. The zero-order valence-electron chi connectivity index (χ0n) is 7.72. The molecular formula is C11H11FO2. The normalized spacial score (nSPS) is 21.6. The number of fused-ring (bicyclic) bond motifs is 1. The van der Waals surface area contributed by atoms with Crippen LogP contribution in [-0.2, 0) is 12.0 Å². The summed E-state index contributed by atoms with van der Waals surface area (Å²) in [7, 11) is 0. The molecule has 3 rings (SSSR count). The molecule has 0 saturated heterocycles. The highest BCUT2D eigenvalue weighted by Gasteiger charge is 2.44. The fourth-order valence-corrected chi connectivity index (χ4v) is 1.94. The third kappa shape index (κ3) is 1.05. The average molecular weight is 194 g/mol. The van der Waals surface area contributed by atoms with Crippen LogP contribution in [0.2, 0.25) is 0 Å². The van der Waals surface area contributed by atoms with Gasteiger partial charge in [-0.05, 0) is 24.5 Å². The van der Waals surface area contributed by atoms with Gasteiger partial charge in [-0.15, -0.1) is 0 Å². The number of hydrogen-bond acceptors (Lipinski definition) is 2. The molecule has 74 valence electrons. The van der Waals surface area contributed by atoms with Gasteiger partial charge in [0.2, 0.25) is 0 Å². The summed E-state index contributed by atoms with van der Waals surface area (Å²) in [5.74, 6) is 0.293. The molecule has 1 aliphatic carbocycles. The Morgan fingerprint density at radius 3 is 2.86 bits per heavy atom. The molecule has 1 N–H and O–H groups in total. The van der Waals surface area contributed by atoms with Crippen LogP contribution in [0.3, 0.4) is 0 Å². The highest BCUT2D eigenvalue weighted by Crippen LogP contribution is 2.47. The van der Waals surface area contributed by atoms with Gasteiger partial charge in [0.05, 0.1) is 12.2 Å². The molecule has 1 heterocycles. The lowest BCUT2D eigenvalue weighted by atomic mass is 10.0. The molecule has 2 aliphatic rings. The molecule has 1 saturated carbocycles. The lowest BCUT2D eigenvalue weighted by Crippen LogP contribution is -2.07. The van der Waals surface area contributed by atoms with Crippen molar-refractivity contribution in [3.8, 4) is 5.75 Å². The Morgan fingerprint density at radius 1 is 1.36 bits per heavy atom. The number of rotatable bonds is 1. The van der Waals surface area contributed by atoms with E-state index in [1.807, 2.05) is 0 Å². The van der Waals surface area contributed by atoms with Crippen LogP contribution in [0.15, 0.2) is 12.1 Å². The van der Waals surface area contributed by atoms with Gasteiger partial charge in [0, 0.05) is 18.1 Å². The Labute approximate surface area is 81.3 Å². The minimum absolute atomic E-state index is 0.342. The number of hydrogen-bond donors (Lipinski definition) is 1. The smallest absolute Gasteiger partial charge is 0.132 e. The molecule has 0 unspecified atom stereocenters. The third-order valence-corrected chi connectivity index (χ3v) is 3.00. The van der Waals surface area contributed by atoms with E-state index in [-0.39, 0.29) is 5.82 Å². The molecule has 0 bridgehead atoms. The molecule has 0 aromatic heterocycles. The molecule has 0 radical (unpaired) electrons.